The summed E-state index contributed by atoms with van der Waals surface area (Å²) in [5.74, 6) is -1.64. The molecule has 120 valence electrons. The number of carboxylic acids is 1. The van der Waals surface area contributed by atoms with Crippen LogP contribution in [0.5, 0.6) is 5.75 Å². The highest BCUT2D eigenvalue weighted by atomic mass is 32.2. The zero-order valence-corrected chi connectivity index (χ0v) is 12.8. The Bertz CT molecular complexity index is 860. The van der Waals surface area contributed by atoms with Gasteiger partial charge in [0.2, 0.25) is 10.0 Å². The van der Waals surface area contributed by atoms with Crippen molar-refractivity contribution < 1.29 is 23.4 Å². The molecule has 0 unspecified atom stereocenters. The molecule has 9 heteroatoms. The Morgan fingerprint density at radius 2 is 1.61 bits per heavy atom. The first-order valence-electron chi connectivity index (χ1n) is 6.35. The van der Waals surface area contributed by atoms with Gasteiger partial charge in [-0.1, -0.05) is 0 Å². The summed E-state index contributed by atoms with van der Waals surface area (Å²) < 4.78 is 25.4. The fraction of sp³-hybridized carbons (Fsp3) is 0.0714. The second kappa shape index (κ2) is 6.55. The molecule has 0 bridgehead atoms. The second-order valence-corrected chi connectivity index (χ2v) is 6.29. The van der Waals surface area contributed by atoms with E-state index in [1.165, 1.54) is 49.5 Å². The molecular weight excluding hydrogens is 322 g/mol. The van der Waals surface area contributed by atoms with Crippen LogP contribution in [0.4, 0.5) is 11.4 Å². The van der Waals surface area contributed by atoms with Crippen molar-refractivity contribution in [3.05, 3.63) is 48.0 Å². The van der Waals surface area contributed by atoms with E-state index in [0.29, 0.717) is 5.69 Å². The highest BCUT2D eigenvalue weighted by Crippen LogP contribution is 2.25. The molecule has 0 saturated heterocycles. The Morgan fingerprint density at radius 1 is 1.04 bits per heavy atom. The number of sulfonamides is 1. The van der Waals surface area contributed by atoms with E-state index >= 15 is 0 Å². The van der Waals surface area contributed by atoms with Gasteiger partial charge in [0, 0.05) is 0 Å². The maximum absolute atomic E-state index is 11.6. The van der Waals surface area contributed by atoms with Crippen molar-refractivity contribution in [2.24, 2.45) is 10.2 Å². The lowest BCUT2D eigenvalue weighted by Gasteiger charge is -2.02. The zero-order chi connectivity index (χ0) is 17.0. The molecular formula is C14H13N3O5S. The number of aromatic carboxylic acids is 1. The molecule has 2 aromatic carbocycles. The molecule has 2 rings (SSSR count). The van der Waals surface area contributed by atoms with Gasteiger partial charge in [0.1, 0.15) is 11.3 Å². The number of aromatic hydroxyl groups is 1. The number of benzene rings is 2. The molecule has 0 atom stereocenters. The van der Waals surface area contributed by atoms with Gasteiger partial charge in [-0.15, -0.1) is 0 Å². The zero-order valence-electron chi connectivity index (χ0n) is 12.0. The molecule has 0 heterocycles. The molecule has 0 saturated carbocycles. The SMILES string of the molecule is CNS(=O)(=O)c1ccc(/N=N/c2ccc(O)c(C(=O)O)c2)cc1. The van der Waals surface area contributed by atoms with Gasteiger partial charge in [0.15, 0.2) is 0 Å². The van der Waals surface area contributed by atoms with Crippen LogP contribution in [-0.4, -0.2) is 31.6 Å². The van der Waals surface area contributed by atoms with E-state index in [-0.39, 0.29) is 21.9 Å². The molecule has 0 aliphatic heterocycles. The molecule has 2 aromatic rings. The number of azo groups is 1. The predicted octanol–water partition coefficient (Wildman–Crippen LogP) is 2.41. The summed E-state index contributed by atoms with van der Waals surface area (Å²) in [5.41, 5.74) is 0.356. The third-order valence-electron chi connectivity index (χ3n) is 2.91. The van der Waals surface area contributed by atoms with Gasteiger partial charge in [-0.2, -0.15) is 10.2 Å². The third kappa shape index (κ3) is 3.90. The van der Waals surface area contributed by atoms with Crippen molar-refractivity contribution in [2.75, 3.05) is 7.05 Å². The highest BCUT2D eigenvalue weighted by molar-refractivity contribution is 7.89. The smallest absolute Gasteiger partial charge is 0.339 e. The van der Waals surface area contributed by atoms with Gasteiger partial charge in [-0.05, 0) is 49.5 Å². The number of carbonyl (C=O) groups is 1. The third-order valence-corrected chi connectivity index (χ3v) is 4.34. The minimum absolute atomic E-state index is 0.0942. The van der Waals surface area contributed by atoms with Crippen LogP contribution in [0.25, 0.3) is 0 Å². The lowest BCUT2D eigenvalue weighted by atomic mass is 10.2. The molecule has 23 heavy (non-hydrogen) atoms. The Labute approximate surface area is 132 Å². The van der Waals surface area contributed by atoms with Crippen molar-refractivity contribution in [1.29, 1.82) is 0 Å². The highest BCUT2D eigenvalue weighted by Gasteiger charge is 2.11. The van der Waals surface area contributed by atoms with Crippen LogP contribution in [0, 0.1) is 0 Å². The van der Waals surface area contributed by atoms with Crippen LogP contribution in [0.1, 0.15) is 10.4 Å². The van der Waals surface area contributed by atoms with Gasteiger partial charge >= 0.3 is 5.97 Å². The number of rotatable bonds is 5. The van der Waals surface area contributed by atoms with Gasteiger partial charge < -0.3 is 10.2 Å². The van der Waals surface area contributed by atoms with Crippen molar-refractivity contribution >= 4 is 27.4 Å². The summed E-state index contributed by atoms with van der Waals surface area (Å²) in [7, 11) is -2.20. The first-order valence-corrected chi connectivity index (χ1v) is 7.83. The lowest BCUT2D eigenvalue weighted by Crippen LogP contribution is -2.18. The fourth-order valence-electron chi connectivity index (χ4n) is 1.68. The number of nitrogens with one attached hydrogen (secondary N) is 1. The van der Waals surface area contributed by atoms with E-state index in [4.69, 9.17) is 5.11 Å². The first kappa shape index (κ1) is 16.6. The number of carboxylic acid groups (broad SMARTS) is 1. The summed E-state index contributed by atoms with van der Waals surface area (Å²) in [4.78, 5) is 11.0. The quantitative estimate of drug-likeness (QED) is 0.723. The second-order valence-electron chi connectivity index (χ2n) is 4.41. The Morgan fingerprint density at radius 3 is 2.17 bits per heavy atom. The average molecular weight is 335 g/mol. The Balaban J connectivity index is 2.24. The van der Waals surface area contributed by atoms with E-state index < -0.39 is 16.0 Å². The molecule has 0 aliphatic rings. The van der Waals surface area contributed by atoms with Crippen LogP contribution < -0.4 is 4.72 Å². The normalized spacial score (nSPS) is 11.7. The summed E-state index contributed by atoms with van der Waals surface area (Å²) >= 11 is 0. The summed E-state index contributed by atoms with van der Waals surface area (Å²) in [6.07, 6.45) is 0. The number of hydrogen-bond donors (Lipinski definition) is 3. The number of nitrogens with zero attached hydrogens (tertiary/aromatic N) is 2. The van der Waals surface area contributed by atoms with Crippen molar-refractivity contribution in [3.63, 3.8) is 0 Å². The fourth-order valence-corrected chi connectivity index (χ4v) is 2.41. The standard InChI is InChI=1S/C14H13N3O5S/c1-15-23(21,22)11-5-2-9(3-6-11)16-17-10-4-7-13(18)12(8-10)14(19)20/h2-8,15,18H,1H3,(H,19,20)/b17-16+. The lowest BCUT2D eigenvalue weighted by molar-refractivity contribution is 0.0693. The molecule has 0 radical (unpaired) electrons. The van der Waals surface area contributed by atoms with E-state index in [1.54, 1.807) is 0 Å². The summed E-state index contributed by atoms with van der Waals surface area (Å²) in [6, 6.07) is 9.48. The molecule has 0 aliphatic carbocycles. The molecule has 0 amide bonds. The number of phenols is 1. The summed E-state index contributed by atoms with van der Waals surface area (Å²) in [6.45, 7) is 0. The average Bonchev–Trinajstić information content (AvgIpc) is 2.54. The van der Waals surface area contributed by atoms with Gasteiger partial charge in [-0.25, -0.2) is 17.9 Å². The van der Waals surface area contributed by atoms with Crippen LogP contribution in [0.3, 0.4) is 0 Å². The molecule has 8 nitrogen and oxygen atoms in total. The topological polar surface area (TPSA) is 128 Å². The number of hydrogen-bond acceptors (Lipinski definition) is 6. The van der Waals surface area contributed by atoms with Crippen LogP contribution in [0.15, 0.2) is 57.6 Å². The maximum atomic E-state index is 11.6. The largest absolute Gasteiger partial charge is 0.507 e. The van der Waals surface area contributed by atoms with Crippen LogP contribution >= 0.6 is 0 Å². The minimum Gasteiger partial charge on any atom is -0.507 e. The van der Waals surface area contributed by atoms with Crippen molar-refractivity contribution in [3.8, 4) is 5.75 Å². The van der Waals surface area contributed by atoms with Gasteiger partial charge in [0.05, 0.1) is 16.3 Å². The summed E-state index contributed by atoms with van der Waals surface area (Å²) in [5, 5.41) is 26.1. The van der Waals surface area contributed by atoms with E-state index in [1.807, 2.05) is 0 Å². The molecule has 0 aromatic heterocycles. The van der Waals surface area contributed by atoms with Crippen LogP contribution in [0.2, 0.25) is 0 Å². The Kier molecular flexibility index (Phi) is 4.72. The van der Waals surface area contributed by atoms with E-state index in [0.717, 1.165) is 0 Å². The Hall–Kier alpha value is -2.78. The monoisotopic (exact) mass is 335 g/mol. The molecule has 3 N–H and O–H groups in total. The maximum Gasteiger partial charge on any atom is 0.339 e. The van der Waals surface area contributed by atoms with Crippen molar-refractivity contribution in [2.45, 2.75) is 4.90 Å². The van der Waals surface area contributed by atoms with E-state index in [2.05, 4.69) is 15.0 Å². The molecule has 0 spiro atoms. The first-order chi connectivity index (χ1) is 10.8. The van der Waals surface area contributed by atoms with Gasteiger partial charge in [-0.3, -0.25) is 0 Å². The van der Waals surface area contributed by atoms with E-state index in [9.17, 15) is 18.3 Å². The van der Waals surface area contributed by atoms with Crippen molar-refractivity contribution in [1.82, 2.24) is 4.72 Å². The van der Waals surface area contributed by atoms with Gasteiger partial charge in [0.25, 0.3) is 0 Å². The van der Waals surface area contributed by atoms with Crippen LogP contribution in [-0.2, 0) is 10.0 Å². The molecule has 0 fully saturated rings. The predicted molar refractivity (Wildman–Crippen MR) is 81.9 cm³/mol. The minimum atomic E-state index is -3.52.